The fourth-order valence-corrected chi connectivity index (χ4v) is 3.87. The second-order valence-corrected chi connectivity index (χ2v) is 6.77. The van der Waals surface area contributed by atoms with E-state index < -0.39 is 0 Å². The Morgan fingerprint density at radius 1 is 1.21 bits per heavy atom. The summed E-state index contributed by atoms with van der Waals surface area (Å²) < 4.78 is 2.12. The molecule has 0 aliphatic carbocycles. The maximum Gasteiger partial charge on any atom is 0.245 e. The zero-order valence-corrected chi connectivity index (χ0v) is 14.6. The number of amides is 2. The topological polar surface area (TPSA) is 58.4 Å². The highest BCUT2D eigenvalue weighted by atomic mass is 16.2. The number of carbonyl (C=O) groups is 2. The first-order valence-corrected chi connectivity index (χ1v) is 9.29. The monoisotopic (exact) mass is 332 g/mol. The quantitative estimate of drug-likeness (QED) is 0.799. The van der Waals surface area contributed by atoms with Crippen LogP contribution in [0.15, 0.2) is 12.4 Å². The lowest BCUT2D eigenvalue weighted by Gasteiger charge is -2.28. The number of imidazole rings is 1. The molecule has 0 spiro atoms. The number of aromatic nitrogens is 2. The molecule has 0 aromatic carbocycles. The number of hydrogen-bond donors (Lipinski definition) is 0. The molecule has 0 saturated carbocycles. The molecule has 6 heteroatoms. The molecule has 0 bridgehead atoms. The molecule has 0 N–H and O–H groups in total. The summed E-state index contributed by atoms with van der Waals surface area (Å²) in [6.07, 6.45) is 9.94. The molecule has 2 aliphatic heterocycles. The molecule has 3 heterocycles. The Hall–Kier alpha value is -1.85. The highest BCUT2D eigenvalue weighted by Crippen LogP contribution is 2.22. The Bertz CT molecular complexity index is 577. The zero-order valence-electron chi connectivity index (χ0n) is 14.6. The number of likely N-dealkylation sites (tertiary alicyclic amines) is 2. The number of rotatable bonds is 6. The summed E-state index contributed by atoms with van der Waals surface area (Å²) in [6, 6.07) is -0.213. The summed E-state index contributed by atoms with van der Waals surface area (Å²) in [6.45, 7) is 5.35. The number of aryl methyl sites for hydroxylation is 2. The van der Waals surface area contributed by atoms with Crippen LogP contribution in [0.25, 0.3) is 0 Å². The summed E-state index contributed by atoms with van der Waals surface area (Å²) in [5.74, 6) is 1.36. The second-order valence-electron chi connectivity index (χ2n) is 6.77. The standard InChI is InChI=1S/C18H28N4O2/c1-2-16-19-9-14-20(16)12-6-8-17(23)22-13-5-7-15(22)18(24)21-10-3-4-11-21/h9,14-15H,2-8,10-13H2,1H3/t15-/m0/s1. The van der Waals surface area contributed by atoms with Gasteiger partial charge >= 0.3 is 0 Å². The van der Waals surface area contributed by atoms with Gasteiger partial charge in [0.1, 0.15) is 11.9 Å². The van der Waals surface area contributed by atoms with Crippen molar-refractivity contribution in [1.29, 1.82) is 0 Å². The molecule has 0 radical (unpaired) electrons. The molecule has 132 valence electrons. The van der Waals surface area contributed by atoms with Crippen molar-refractivity contribution in [2.24, 2.45) is 0 Å². The van der Waals surface area contributed by atoms with Gasteiger partial charge in [-0.15, -0.1) is 0 Å². The Morgan fingerprint density at radius 2 is 2.00 bits per heavy atom. The lowest BCUT2D eigenvalue weighted by molar-refractivity contribution is -0.143. The average Bonchev–Trinajstić information content (AvgIpc) is 3.33. The van der Waals surface area contributed by atoms with Crippen molar-refractivity contribution in [3.63, 3.8) is 0 Å². The van der Waals surface area contributed by atoms with Gasteiger partial charge in [0, 0.05) is 51.4 Å². The molecule has 1 atom stereocenters. The van der Waals surface area contributed by atoms with Gasteiger partial charge in [0.15, 0.2) is 0 Å². The third-order valence-electron chi connectivity index (χ3n) is 5.18. The van der Waals surface area contributed by atoms with Gasteiger partial charge in [-0.25, -0.2) is 4.98 Å². The van der Waals surface area contributed by atoms with E-state index >= 15 is 0 Å². The molecule has 0 unspecified atom stereocenters. The molecule has 2 amide bonds. The molecule has 2 aliphatic rings. The van der Waals surface area contributed by atoms with Crippen LogP contribution in [0.5, 0.6) is 0 Å². The Morgan fingerprint density at radius 3 is 2.75 bits per heavy atom. The Labute approximate surface area is 143 Å². The fraction of sp³-hybridized carbons (Fsp3) is 0.722. The van der Waals surface area contributed by atoms with Crippen LogP contribution in [0.2, 0.25) is 0 Å². The number of carbonyl (C=O) groups excluding carboxylic acids is 2. The summed E-state index contributed by atoms with van der Waals surface area (Å²) >= 11 is 0. The summed E-state index contributed by atoms with van der Waals surface area (Å²) in [4.78, 5) is 33.3. The van der Waals surface area contributed by atoms with E-state index in [0.29, 0.717) is 6.42 Å². The van der Waals surface area contributed by atoms with E-state index in [2.05, 4.69) is 16.5 Å². The first-order chi connectivity index (χ1) is 11.7. The molecule has 24 heavy (non-hydrogen) atoms. The van der Waals surface area contributed by atoms with Gasteiger partial charge in [-0.3, -0.25) is 9.59 Å². The first kappa shape index (κ1) is 17.0. The lowest BCUT2D eigenvalue weighted by Crippen LogP contribution is -2.46. The van der Waals surface area contributed by atoms with Crippen LogP contribution in [0.3, 0.4) is 0 Å². The van der Waals surface area contributed by atoms with Crippen LogP contribution in [0.1, 0.15) is 51.3 Å². The number of hydrogen-bond acceptors (Lipinski definition) is 3. The van der Waals surface area contributed by atoms with Gasteiger partial charge in [0.25, 0.3) is 0 Å². The normalized spacial score (nSPS) is 20.8. The summed E-state index contributed by atoms with van der Waals surface area (Å²) in [5, 5.41) is 0. The van der Waals surface area contributed by atoms with Crippen LogP contribution in [0, 0.1) is 0 Å². The highest BCUT2D eigenvalue weighted by Gasteiger charge is 2.36. The van der Waals surface area contributed by atoms with Crippen molar-refractivity contribution >= 4 is 11.8 Å². The van der Waals surface area contributed by atoms with Gasteiger partial charge < -0.3 is 14.4 Å². The Kier molecular flexibility index (Phi) is 5.53. The van der Waals surface area contributed by atoms with Crippen LogP contribution in [0.4, 0.5) is 0 Å². The van der Waals surface area contributed by atoms with Gasteiger partial charge in [-0.1, -0.05) is 6.92 Å². The summed E-state index contributed by atoms with van der Waals surface area (Å²) in [5.41, 5.74) is 0. The molecule has 6 nitrogen and oxygen atoms in total. The van der Waals surface area contributed by atoms with E-state index in [1.54, 1.807) is 0 Å². The van der Waals surface area contributed by atoms with E-state index in [1.165, 1.54) is 0 Å². The third-order valence-corrected chi connectivity index (χ3v) is 5.18. The summed E-state index contributed by atoms with van der Waals surface area (Å²) in [7, 11) is 0. The van der Waals surface area contributed by atoms with Crippen LogP contribution < -0.4 is 0 Å². The maximum atomic E-state index is 12.6. The number of nitrogens with zero attached hydrogens (tertiary/aromatic N) is 4. The highest BCUT2D eigenvalue weighted by molar-refractivity contribution is 5.88. The van der Waals surface area contributed by atoms with Gasteiger partial charge in [-0.2, -0.15) is 0 Å². The fourth-order valence-electron chi connectivity index (χ4n) is 3.87. The molecule has 3 rings (SSSR count). The maximum absolute atomic E-state index is 12.6. The molecule has 1 aromatic rings. The predicted octanol–water partition coefficient (Wildman–Crippen LogP) is 1.84. The van der Waals surface area contributed by atoms with E-state index in [1.807, 2.05) is 22.2 Å². The molecule has 2 saturated heterocycles. The van der Waals surface area contributed by atoms with Crippen molar-refractivity contribution < 1.29 is 9.59 Å². The Balaban J connectivity index is 1.51. The van der Waals surface area contributed by atoms with Crippen molar-refractivity contribution in [3.8, 4) is 0 Å². The van der Waals surface area contributed by atoms with Crippen molar-refractivity contribution in [1.82, 2.24) is 19.4 Å². The van der Waals surface area contributed by atoms with Gasteiger partial charge in [0.05, 0.1) is 0 Å². The van der Waals surface area contributed by atoms with Crippen LogP contribution in [-0.4, -0.2) is 56.8 Å². The minimum Gasteiger partial charge on any atom is -0.341 e. The molecule has 2 fully saturated rings. The smallest absolute Gasteiger partial charge is 0.245 e. The van der Waals surface area contributed by atoms with E-state index in [0.717, 1.165) is 70.5 Å². The zero-order chi connectivity index (χ0) is 16.9. The molecular formula is C18H28N4O2. The molecule has 1 aromatic heterocycles. The second kappa shape index (κ2) is 7.81. The predicted molar refractivity (Wildman–Crippen MR) is 91.4 cm³/mol. The van der Waals surface area contributed by atoms with Crippen molar-refractivity contribution in [2.45, 2.75) is 64.5 Å². The van der Waals surface area contributed by atoms with Crippen LogP contribution >= 0.6 is 0 Å². The van der Waals surface area contributed by atoms with Crippen molar-refractivity contribution in [3.05, 3.63) is 18.2 Å². The lowest BCUT2D eigenvalue weighted by atomic mass is 10.2. The van der Waals surface area contributed by atoms with Gasteiger partial charge in [0.2, 0.25) is 11.8 Å². The third kappa shape index (κ3) is 3.62. The largest absolute Gasteiger partial charge is 0.341 e. The van der Waals surface area contributed by atoms with E-state index in [9.17, 15) is 9.59 Å². The minimum atomic E-state index is -0.213. The minimum absolute atomic E-state index is 0.128. The van der Waals surface area contributed by atoms with Crippen molar-refractivity contribution in [2.75, 3.05) is 19.6 Å². The van der Waals surface area contributed by atoms with E-state index in [-0.39, 0.29) is 17.9 Å². The first-order valence-electron chi connectivity index (χ1n) is 9.29. The van der Waals surface area contributed by atoms with Crippen LogP contribution in [-0.2, 0) is 22.6 Å². The SMILES string of the molecule is CCc1nccn1CCCC(=O)N1CCC[C@H]1C(=O)N1CCCC1. The van der Waals surface area contributed by atoms with E-state index in [4.69, 9.17) is 0 Å². The van der Waals surface area contributed by atoms with Gasteiger partial charge in [-0.05, 0) is 32.1 Å². The molecular weight excluding hydrogens is 304 g/mol. The average molecular weight is 332 g/mol.